The number of carbonyl (C=O) groups excluding carboxylic acids is 3. The summed E-state index contributed by atoms with van der Waals surface area (Å²) in [6.45, 7) is 6.07. The first-order valence-corrected chi connectivity index (χ1v) is 10.1. The fourth-order valence-electron chi connectivity index (χ4n) is 4.36. The lowest BCUT2D eigenvalue weighted by Gasteiger charge is -2.25. The molecule has 1 aliphatic heterocycles. The van der Waals surface area contributed by atoms with Gasteiger partial charge in [-0.3, -0.25) is 14.5 Å². The number of nitrogens with zero attached hydrogens (tertiary/aromatic N) is 1. The number of ether oxygens (including phenoxy) is 1. The van der Waals surface area contributed by atoms with Crippen LogP contribution in [0.1, 0.15) is 47.7 Å². The summed E-state index contributed by atoms with van der Waals surface area (Å²) in [5.74, 6) is -0.357. The van der Waals surface area contributed by atoms with E-state index in [-0.39, 0.29) is 23.7 Å². The molecule has 29 heavy (non-hydrogen) atoms. The van der Waals surface area contributed by atoms with Crippen molar-refractivity contribution in [1.82, 2.24) is 0 Å². The number of aryl methyl sites for hydroxylation is 2. The van der Waals surface area contributed by atoms with Gasteiger partial charge in [0.15, 0.2) is 0 Å². The minimum absolute atomic E-state index is 0.147. The maximum atomic E-state index is 12.9. The molecule has 5 nitrogen and oxygen atoms in total. The highest BCUT2D eigenvalue weighted by atomic mass is 16.5. The molecule has 5 heteroatoms. The highest BCUT2D eigenvalue weighted by Gasteiger charge is 2.50. The molecule has 0 radical (unpaired) electrons. The molecule has 3 atom stereocenters. The van der Waals surface area contributed by atoms with Crippen molar-refractivity contribution >= 4 is 23.5 Å². The average molecular weight is 391 g/mol. The number of imide groups is 1. The summed E-state index contributed by atoms with van der Waals surface area (Å²) in [5.41, 5.74) is 2.91. The Morgan fingerprint density at radius 3 is 2.48 bits per heavy atom. The standard InChI is InChI=1S/C24H25NO4/c1-14-7-10-20-21(11-14)23(27)25(22(20)26)18-6-4-5-17(13-18)24(28)29-19-9-8-15(2)16(3)12-19/h4-6,8-9,12-14,20-21H,7,10-11H2,1-3H3/t14-,20-,21+/m0/s1. The molecule has 0 bridgehead atoms. The van der Waals surface area contributed by atoms with Crippen molar-refractivity contribution in [3.8, 4) is 5.75 Å². The zero-order valence-electron chi connectivity index (χ0n) is 17.0. The third-order valence-corrected chi connectivity index (χ3v) is 6.22. The van der Waals surface area contributed by atoms with Crippen LogP contribution >= 0.6 is 0 Å². The second kappa shape index (κ2) is 7.47. The van der Waals surface area contributed by atoms with E-state index in [0.717, 1.165) is 30.4 Å². The van der Waals surface area contributed by atoms with Gasteiger partial charge in [0.2, 0.25) is 11.8 Å². The van der Waals surface area contributed by atoms with Gasteiger partial charge in [-0.15, -0.1) is 0 Å². The van der Waals surface area contributed by atoms with Gasteiger partial charge < -0.3 is 4.74 Å². The Balaban J connectivity index is 1.57. The highest BCUT2D eigenvalue weighted by Crippen LogP contribution is 2.42. The van der Waals surface area contributed by atoms with Crippen LogP contribution in [0.2, 0.25) is 0 Å². The second-order valence-electron chi connectivity index (χ2n) is 8.33. The molecular weight excluding hydrogens is 366 g/mol. The number of esters is 1. The molecular formula is C24H25NO4. The molecule has 0 N–H and O–H groups in total. The van der Waals surface area contributed by atoms with Crippen LogP contribution in [0.5, 0.6) is 5.75 Å². The van der Waals surface area contributed by atoms with Crippen LogP contribution in [0.4, 0.5) is 5.69 Å². The van der Waals surface area contributed by atoms with E-state index in [1.807, 2.05) is 26.0 Å². The first-order valence-electron chi connectivity index (χ1n) is 10.1. The van der Waals surface area contributed by atoms with Gasteiger partial charge in [-0.25, -0.2) is 4.79 Å². The van der Waals surface area contributed by atoms with Crippen LogP contribution in [0.3, 0.4) is 0 Å². The van der Waals surface area contributed by atoms with Crippen molar-refractivity contribution in [2.75, 3.05) is 4.90 Å². The summed E-state index contributed by atoms with van der Waals surface area (Å²) in [6.07, 6.45) is 2.47. The summed E-state index contributed by atoms with van der Waals surface area (Å²) < 4.78 is 5.49. The first-order chi connectivity index (χ1) is 13.8. The average Bonchev–Trinajstić information content (AvgIpc) is 2.94. The van der Waals surface area contributed by atoms with Crippen LogP contribution in [-0.2, 0) is 9.59 Å². The van der Waals surface area contributed by atoms with Crippen LogP contribution in [-0.4, -0.2) is 17.8 Å². The van der Waals surface area contributed by atoms with E-state index in [9.17, 15) is 14.4 Å². The third kappa shape index (κ3) is 3.57. The monoisotopic (exact) mass is 391 g/mol. The summed E-state index contributed by atoms with van der Waals surface area (Å²) in [5, 5.41) is 0. The highest BCUT2D eigenvalue weighted by molar-refractivity contribution is 6.22. The summed E-state index contributed by atoms with van der Waals surface area (Å²) >= 11 is 0. The van der Waals surface area contributed by atoms with Gasteiger partial charge in [-0.05, 0) is 80.5 Å². The maximum Gasteiger partial charge on any atom is 0.343 e. The Morgan fingerprint density at radius 1 is 0.966 bits per heavy atom. The lowest BCUT2D eigenvalue weighted by Crippen LogP contribution is -2.31. The predicted molar refractivity (Wildman–Crippen MR) is 110 cm³/mol. The third-order valence-electron chi connectivity index (χ3n) is 6.22. The van der Waals surface area contributed by atoms with E-state index >= 15 is 0 Å². The topological polar surface area (TPSA) is 63.7 Å². The lowest BCUT2D eigenvalue weighted by molar-refractivity contribution is -0.122. The molecule has 150 valence electrons. The molecule has 1 heterocycles. The number of rotatable bonds is 3. The van der Waals surface area contributed by atoms with Gasteiger partial charge in [0.25, 0.3) is 0 Å². The Morgan fingerprint density at radius 2 is 1.72 bits per heavy atom. The van der Waals surface area contributed by atoms with Crippen molar-refractivity contribution in [2.45, 2.75) is 40.0 Å². The van der Waals surface area contributed by atoms with Crippen molar-refractivity contribution in [3.05, 3.63) is 59.2 Å². The number of benzene rings is 2. The molecule has 1 saturated carbocycles. The predicted octanol–water partition coefficient (Wildman–Crippen LogP) is 4.45. The Kier molecular flexibility index (Phi) is 4.99. The molecule has 2 aromatic carbocycles. The van der Waals surface area contributed by atoms with Gasteiger partial charge in [-0.2, -0.15) is 0 Å². The van der Waals surface area contributed by atoms with Gasteiger partial charge in [0, 0.05) is 0 Å². The van der Waals surface area contributed by atoms with Crippen molar-refractivity contribution < 1.29 is 19.1 Å². The Hall–Kier alpha value is -2.95. The molecule has 0 spiro atoms. The van der Waals surface area contributed by atoms with Crippen molar-refractivity contribution in [1.29, 1.82) is 0 Å². The van der Waals surface area contributed by atoms with Crippen molar-refractivity contribution in [3.63, 3.8) is 0 Å². The molecule has 0 unspecified atom stereocenters. The Bertz CT molecular complexity index is 996. The van der Waals surface area contributed by atoms with Crippen molar-refractivity contribution in [2.24, 2.45) is 17.8 Å². The normalized spacial score (nSPS) is 23.8. The van der Waals surface area contributed by atoms with Gasteiger partial charge in [-0.1, -0.05) is 19.1 Å². The van der Waals surface area contributed by atoms with Crippen LogP contribution < -0.4 is 9.64 Å². The van der Waals surface area contributed by atoms with Crippen LogP contribution in [0.25, 0.3) is 0 Å². The molecule has 2 amide bonds. The number of anilines is 1. The van der Waals surface area contributed by atoms with E-state index in [4.69, 9.17) is 4.74 Å². The van der Waals surface area contributed by atoms with E-state index in [1.54, 1.807) is 30.3 Å². The number of hydrogen-bond donors (Lipinski definition) is 0. The zero-order chi connectivity index (χ0) is 20.7. The van der Waals surface area contributed by atoms with Crippen LogP contribution in [0, 0.1) is 31.6 Å². The molecule has 2 fully saturated rings. The summed E-state index contributed by atoms with van der Waals surface area (Å²) in [6, 6.07) is 12.0. The number of hydrogen-bond acceptors (Lipinski definition) is 4. The number of fused-ring (bicyclic) bond motifs is 1. The smallest absolute Gasteiger partial charge is 0.343 e. The second-order valence-corrected chi connectivity index (χ2v) is 8.33. The molecule has 2 aromatic rings. The minimum atomic E-state index is -0.514. The van der Waals surface area contributed by atoms with E-state index < -0.39 is 5.97 Å². The van der Waals surface area contributed by atoms with Crippen LogP contribution in [0.15, 0.2) is 42.5 Å². The molecule has 1 saturated heterocycles. The number of carbonyl (C=O) groups is 3. The summed E-state index contributed by atoms with van der Waals surface area (Å²) in [7, 11) is 0. The summed E-state index contributed by atoms with van der Waals surface area (Å²) in [4.78, 5) is 39.7. The minimum Gasteiger partial charge on any atom is -0.423 e. The van der Waals surface area contributed by atoms with Gasteiger partial charge >= 0.3 is 5.97 Å². The fourth-order valence-corrected chi connectivity index (χ4v) is 4.36. The molecule has 1 aliphatic carbocycles. The maximum absolute atomic E-state index is 12.9. The molecule has 0 aromatic heterocycles. The fraction of sp³-hybridized carbons (Fsp3) is 0.375. The van der Waals surface area contributed by atoms with E-state index in [0.29, 0.717) is 22.9 Å². The molecule has 4 rings (SSSR count). The zero-order valence-corrected chi connectivity index (χ0v) is 17.0. The largest absolute Gasteiger partial charge is 0.423 e. The lowest BCUT2D eigenvalue weighted by atomic mass is 9.76. The van der Waals surface area contributed by atoms with E-state index in [1.165, 1.54) is 4.90 Å². The SMILES string of the molecule is Cc1ccc(OC(=O)c2cccc(N3C(=O)[C@H]4CC[C@H](C)C[C@H]4C3=O)c2)cc1C. The quantitative estimate of drug-likeness (QED) is 0.441. The van der Waals surface area contributed by atoms with Gasteiger partial charge in [0.1, 0.15) is 5.75 Å². The first kappa shape index (κ1) is 19.4. The van der Waals surface area contributed by atoms with Gasteiger partial charge in [0.05, 0.1) is 23.1 Å². The number of amides is 2. The Labute approximate surface area is 170 Å². The molecule has 2 aliphatic rings. The van der Waals surface area contributed by atoms with E-state index in [2.05, 4.69) is 6.92 Å².